The van der Waals surface area contributed by atoms with Gasteiger partial charge in [0.2, 0.25) is 0 Å². The zero-order valence-corrected chi connectivity index (χ0v) is 11.8. The van der Waals surface area contributed by atoms with Crippen LogP contribution in [0.3, 0.4) is 0 Å². The fraction of sp³-hybridized carbons (Fsp3) is 1.00. The summed E-state index contributed by atoms with van der Waals surface area (Å²) in [5.41, 5.74) is 0.318. The molecule has 2 nitrogen and oxygen atoms in total. The topological polar surface area (TPSA) is 15.3 Å². The predicted molar refractivity (Wildman–Crippen MR) is 71.8 cm³/mol. The molecule has 3 unspecified atom stereocenters. The molecule has 1 heterocycles. The maximum atomic E-state index is 3.72. The predicted octanol–water partition coefficient (Wildman–Crippen LogP) is 2.89. The second kappa shape index (κ2) is 6.02. The first-order chi connectivity index (χ1) is 7.50. The van der Waals surface area contributed by atoms with Gasteiger partial charge in [-0.05, 0) is 39.2 Å². The van der Waals surface area contributed by atoms with Crippen molar-refractivity contribution in [3.05, 3.63) is 0 Å². The van der Waals surface area contributed by atoms with Crippen LogP contribution in [-0.2, 0) is 0 Å². The number of hydrogen-bond donors (Lipinski definition) is 1. The van der Waals surface area contributed by atoms with Crippen LogP contribution >= 0.6 is 0 Å². The third-order valence-electron chi connectivity index (χ3n) is 4.31. The molecule has 96 valence electrons. The second-order valence-electron chi connectivity index (χ2n) is 5.92. The van der Waals surface area contributed by atoms with E-state index in [1.165, 1.54) is 38.9 Å². The van der Waals surface area contributed by atoms with Crippen molar-refractivity contribution in [3.63, 3.8) is 0 Å². The molecule has 3 atom stereocenters. The second-order valence-corrected chi connectivity index (χ2v) is 5.92. The highest BCUT2D eigenvalue weighted by Gasteiger charge is 2.30. The van der Waals surface area contributed by atoms with Crippen molar-refractivity contribution in [2.45, 2.75) is 65.5 Å². The first-order valence-corrected chi connectivity index (χ1v) is 6.99. The van der Waals surface area contributed by atoms with Gasteiger partial charge in [-0.3, -0.25) is 4.90 Å². The van der Waals surface area contributed by atoms with Crippen molar-refractivity contribution < 1.29 is 0 Å². The Morgan fingerprint density at radius 1 is 1.44 bits per heavy atom. The van der Waals surface area contributed by atoms with Gasteiger partial charge in [-0.15, -0.1) is 0 Å². The monoisotopic (exact) mass is 226 g/mol. The van der Waals surface area contributed by atoms with Crippen LogP contribution in [0.15, 0.2) is 0 Å². The molecule has 0 aromatic carbocycles. The summed E-state index contributed by atoms with van der Waals surface area (Å²) >= 11 is 0. The van der Waals surface area contributed by atoms with Crippen LogP contribution in [0, 0.1) is 5.92 Å². The summed E-state index contributed by atoms with van der Waals surface area (Å²) in [7, 11) is 0. The number of rotatable bonds is 4. The normalized spacial score (nSPS) is 34.7. The van der Waals surface area contributed by atoms with E-state index in [9.17, 15) is 0 Å². The van der Waals surface area contributed by atoms with Crippen molar-refractivity contribution in [3.8, 4) is 0 Å². The summed E-state index contributed by atoms with van der Waals surface area (Å²) in [4.78, 5) is 2.69. The van der Waals surface area contributed by atoms with Gasteiger partial charge in [0.15, 0.2) is 0 Å². The average Bonchev–Trinajstić information content (AvgIpc) is 2.40. The first-order valence-electron chi connectivity index (χ1n) is 6.99. The fourth-order valence-electron chi connectivity index (χ4n) is 2.44. The molecular formula is C14H30N2. The van der Waals surface area contributed by atoms with Crippen LogP contribution in [0.25, 0.3) is 0 Å². The highest BCUT2D eigenvalue weighted by Crippen LogP contribution is 2.20. The van der Waals surface area contributed by atoms with Gasteiger partial charge in [0.05, 0.1) is 0 Å². The van der Waals surface area contributed by atoms with Crippen molar-refractivity contribution in [1.82, 2.24) is 10.2 Å². The van der Waals surface area contributed by atoms with E-state index < -0.39 is 0 Å². The van der Waals surface area contributed by atoms with Crippen LogP contribution in [-0.4, -0.2) is 36.1 Å². The Balaban J connectivity index is 2.63. The van der Waals surface area contributed by atoms with Crippen molar-refractivity contribution >= 4 is 0 Å². The average molecular weight is 226 g/mol. The Kier molecular flexibility index (Phi) is 5.26. The third kappa shape index (κ3) is 3.74. The van der Waals surface area contributed by atoms with Gasteiger partial charge >= 0.3 is 0 Å². The molecule has 0 aliphatic carbocycles. The van der Waals surface area contributed by atoms with Crippen molar-refractivity contribution in [2.75, 3.05) is 19.6 Å². The molecule has 1 N–H and O–H groups in total. The molecule has 0 radical (unpaired) electrons. The van der Waals surface area contributed by atoms with E-state index in [1.54, 1.807) is 0 Å². The van der Waals surface area contributed by atoms with Gasteiger partial charge in [0.1, 0.15) is 0 Å². The Bertz CT molecular complexity index is 205. The molecule has 16 heavy (non-hydrogen) atoms. The summed E-state index contributed by atoms with van der Waals surface area (Å²) in [6, 6.07) is 0.731. The highest BCUT2D eigenvalue weighted by molar-refractivity contribution is 4.90. The van der Waals surface area contributed by atoms with Gasteiger partial charge in [-0.25, -0.2) is 0 Å². The van der Waals surface area contributed by atoms with E-state index in [2.05, 4.69) is 44.8 Å². The maximum absolute atomic E-state index is 3.72. The van der Waals surface area contributed by atoms with E-state index in [0.29, 0.717) is 5.54 Å². The minimum atomic E-state index is 0.318. The van der Waals surface area contributed by atoms with E-state index in [-0.39, 0.29) is 0 Å². The molecule has 0 aromatic heterocycles. The Labute approximate surface area is 102 Å². The number of nitrogens with zero attached hydrogens (tertiary/aromatic N) is 1. The standard InChI is InChI=1S/C14H30N2/c1-6-12(3)10-16-11-14(5,7-2)15-9-8-13(16)4/h12-13,15H,6-11H2,1-5H3. The van der Waals surface area contributed by atoms with E-state index in [1.807, 2.05) is 0 Å². The highest BCUT2D eigenvalue weighted by atomic mass is 15.2. The molecule has 0 aromatic rings. The van der Waals surface area contributed by atoms with Gasteiger partial charge < -0.3 is 5.32 Å². The summed E-state index contributed by atoms with van der Waals surface area (Å²) in [6.45, 7) is 15.3. The minimum Gasteiger partial charge on any atom is -0.310 e. The lowest BCUT2D eigenvalue weighted by atomic mass is 9.97. The van der Waals surface area contributed by atoms with Gasteiger partial charge in [0.25, 0.3) is 0 Å². The lowest BCUT2D eigenvalue weighted by molar-refractivity contribution is 0.149. The van der Waals surface area contributed by atoms with Crippen molar-refractivity contribution in [1.29, 1.82) is 0 Å². The smallest absolute Gasteiger partial charge is 0.0277 e. The molecule has 1 aliphatic rings. The van der Waals surface area contributed by atoms with Crippen LogP contribution < -0.4 is 5.32 Å². The van der Waals surface area contributed by atoms with Crippen LogP contribution in [0.5, 0.6) is 0 Å². The zero-order chi connectivity index (χ0) is 12.2. The quantitative estimate of drug-likeness (QED) is 0.793. The largest absolute Gasteiger partial charge is 0.310 e. The number of nitrogens with one attached hydrogen (secondary N) is 1. The summed E-state index contributed by atoms with van der Waals surface area (Å²) in [5.74, 6) is 0.821. The molecule has 1 aliphatic heterocycles. The Hall–Kier alpha value is -0.0800. The Morgan fingerprint density at radius 3 is 2.69 bits per heavy atom. The molecule has 1 rings (SSSR count). The summed E-state index contributed by atoms with van der Waals surface area (Å²) in [5, 5.41) is 3.72. The molecular weight excluding hydrogens is 196 g/mol. The van der Waals surface area contributed by atoms with Gasteiger partial charge in [-0.2, -0.15) is 0 Å². The Morgan fingerprint density at radius 2 is 2.12 bits per heavy atom. The minimum absolute atomic E-state index is 0.318. The first kappa shape index (κ1) is 14.0. The molecule has 0 spiro atoms. The van der Waals surface area contributed by atoms with E-state index >= 15 is 0 Å². The summed E-state index contributed by atoms with van der Waals surface area (Å²) in [6.07, 6.45) is 3.79. The van der Waals surface area contributed by atoms with E-state index in [4.69, 9.17) is 0 Å². The van der Waals surface area contributed by atoms with Gasteiger partial charge in [0, 0.05) is 24.7 Å². The van der Waals surface area contributed by atoms with Crippen LogP contribution in [0.2, 0.25) is 0 Å². The molecule has 0 amide bonds. The van der Waals surface area contributed by atoms with Crippen LogP contribution in [0.1, 0.15) is 53.9 Å². The molecule has 0 saturated carbocycles. The summed E-state index contributed by atoms with van der Waals surface area (Å²) < 4.78 is 0. The number of hydrogen-bond acceptors (Lipinski definition) is 2. The molecule has 2 heteroatoms. The van der Waals surface area contributed by atoms with Crippen LogP contribution in [0.4, 0.5) is 0 Å². The fourth-order valence-corrected chi connectivity index (χ4v) is 2.44. The molecule has 1 fully saturated rings. The van der Waals surface area contributed by atoms with Gasteiger partial charge in [-0.1, -0.05) is 27.2 Å². The van der Waals surface area contributed by atoms with Crippen molar-refractivity contribution in [2.24, 2.45) is 5.92 Å². The third-order valence-corrected chi connectivity index (χ3v) is 4.31. The molecule has 0 bridgehead atoms. The maximum Gasteiger partial charge on any atom is 0.0277 e. The van der Waals surface area contributed by atoms with E-state index in [0.717, 1.165) is 12.0 Å². The SMILES string of the molecule is CCC(C)CN1CC(C)(CC)NCCC1C. The lowest BCUT2D eigenvalue weighted by Crippen LogP contribution is -2.50. The lowest BCUT2D eigenvalue weighted by Gasteiger charge is -2.36. The zero-order valence-electron chi connectivity index (χ0n) is 11.8. The molecule has 1 saturated heterocycles.